The van der Waals surface area contributed by atoms with E-state index in [4.69, 9.17) is 0 Å². The smallest absolute Gasteiger partial charge is 0.0202 e. The van der Waals surface area contributed by atoms with Gasteiger partial charge in [-0.05, 0) is 31.1 Å². The molecule has 0 N–H and O–H groups in total. The van der Waals surface area contributed by atoms with Crippen molar-refractivity contribution < 1.29 is 0 Å². The zero-order valence-electron chi connectivity index (χ0n) is 4.43. The highest BCUT2D eigenvalue weighted by Crippen LogP contribution is 2.41. The van der Waals surface area contributed by atoms with Crippen LogP contribution in [-0.2, 0) is 0 Å². The number of hydrogen-bond donors (Lipinski definition) is 0. The third-order valence-corrected chi connectivity index (χ3v) is 2.30. The predicted octanol–water partition coefficient (Wildman–Crippen LogP) is 1.97. The molecule has 0 saturated heterocycles. The molecule has 0 aromatic carbocycles. The van der Waals surface area contributed by atoms with E-state index in [1.54, 1.807) is 0 Å². The number of rotatable bonds is 0. The summed E-state index contributed by atoms with van der Waals surface area (Å²) in [5, 5.41) is 0. The van der Waals surface area contributed by atoms with E-state index in [1.165, 1.54) is 19.3 Å². The molecule has 0 heterocycles. The van der Waals surface area contributed by atoms with Crippen molar-refractivity contribution in [2.24, 2.45) is 11.8 Å². The van der Waals surface area contributed by atoms with Crippen molar-refractivity contribution in [3.8, 4) is 0 Å². The molecular weight excluding hydrogens is 84.1 g/mol. The Morgan fingerprint density at radius 2 is 2.29 bits per heavy atom. The maximum absolute atomic E-state index is 2.38. The normalized spacial score (nSPS) is 45.7. The molecule has 0 heteroatoms. The topological polar surface area (TPSA) is 0 Å². The number of allylic oxidation sites excluding steroid dienone is 2. The SMILES string of the molecule is C1=C[C@@H]2CCC2C1. The Morgan fingerprint density at radius 3 is 2.57 bits per heavy atom. The Labute approximate surface area is 44.2 Å². The summed E-state index contributed by atoms with van der Waals surface area (Å²) in [4.78, 5) is 0. The summed E-state index contributed by atoms with van der Waals surface area (Å²) in [5.41, 5.74) is 0. The minimum atomic E-state index is 1.01. The minimum Gasteiger partial charge on any atom is -0.0880 e. The first-order valence-electron chi connectivity index (χ1n) is 3.13. The molecule has 1 unspecified atom stereocenters. The summed E-state index contributed by atoms with van der Waals surface area (Å²) < 4.78 is 0. The maximum atomic E-state index is 2.38. The quantitative estimate of drug-likeness (QED) is 0.402. The summed E-state index contributed by atoms with van der Waals surface area (Å²) in [7, 11) is 0. The summed E-state index contributed by atoms with van der Waals surface area (Å²) in [6, 6.07) is 0. The molecular formula is C7H10. The third kappa shape index (κ3) is 0.370. The van der Waals surface area contributed by atoms with Gasteiger partial charge in [0, 0.05) is 0 Å². The van der Waals surface area contributed by atoms with Crippen molar-refractivity contribution >= 4 is 0 Å². The first-order valence-corrected chi connectivity index (χ1v) is 3.13. The fourth-order valence-electron chi connectivity index (χ4n) is 1.57. The van der Waals surface area contributed by atoms with Crippen LogP contribution in [0.1, 0.15) is 19.3 Å². The molecule has 0 aromatic rings. The zero-order valence-corrected chi connectivity index (χ0v) is 4.43. The first kappa shape index (κ1) is 3.71. The van der Waals surface area contributed by atoms with Crippen molar-refractivity contribution in [1.29, 1.82) is 0 Å². The van der Waals surface area contributed by atoms with Gasteiger partial charge in [-0.15, -0.1) is 0 Å². The van der Waals surface area contributed by atoms with Crippen LogP contribution in [0.25, 0.3) is 0 Å². The van der Waals surface area contributed by atoms with Gasteiger partial charge in [0.1, 0.15) is 0 Å². The second-order valence-electron chi connectivity index (χ2n) is 2.67. The van der Waals surface area contributed by atoms with Gasteiger partial charge in [-0.2, -0.15) is 0 Å². The third-order valence-electron chi connectivity index (χ3n) is 2.30. The lowest BCUT2D eigenvalue weighted by molar-refractivity contribution is 0.249. The Kier molecular flexibility index (Phi) is 0.592. The van der Waals surface area contributed by atoms with Crippen molar-refractivity contribution in [3.05, 3.63) is 12.2 Å². The van der Waals surface area contributed by atoms with Crippen LogP contribution < -0.4 is 0 Å². The Bertz CT molecular complexity index is 103. The molecule has 2 aliphatic carbocycles. The van der Waals surface area contributed by atoms with E-state index in [1.807, 2.05) is 0 Å². The molecule has 0 radical (unpaired) electrons. The van der Waals surface area contributed by atoms with E-state index in [9.17, 15) is 0 Å². The minimum absolute atomic E-state index is 1.01. The first-order chi connectivity index (χ1) is 3.47. The average Bonchev–Trinajstić information content (AvgIpc) is 1.85. The van der Waals surface area contributed by atoms with E-state index in [-0.39, 0.29) is 0 Å². The van der Waals surface area contributed by atoms with Crippen LogP contribution in [0.5, 0.6) is 0 Å². The molecule has 2 atom stereocenters. The van der Waals surface area contributed by atoms with E-state index in [0.717, 1.165) is 11.8 Å². The Hall–Kier alpha value is -0.260. The van der Waals surface area contributed by atoms with Crippen LogP contribution in [0.15, 0.2) is 12.2 Å². The van der Waals surface area contributed by atoms with Gasteiger partial charge < -0.3 is 0 Å². The summed E-state index contributed by atoms with van der Waals surface area (Å²) in [6.07, 6.45) is 9.07. The van der Waals surface area contributed by atoms with E-state index >= 15 is 0 Å². The molecule has 0 spiro atoms. The van der Waals surface area contributed by atoms with Crippen LogP contribution in [0.4, 0.5) is 0 Å². The van der Waals surface area contributed by atoms with Gasteiger partial charge in [-0.1, -0.05) is 12.2 Å². The molecule has 38 valence electrons. The second kappa shape index (κ2) is 1.12. The predicted molar refractivity (Wildman–Crippen MR) is 30.0 cm³/mol. The van der Waals surface area contributed by atoms with E-state index in [2.05, 4.69) is 12.2 Å². The van der Waals surface area contributed by atoms with Crippen molar-refractivity contribution in [2.45, 2.75) is 19.3 Å². The standard InChI is InChI=1S/C7H10/c1-2-6-4-5-7(6)3-1/h1-2,6-7H,3-5H2/t6-,7?/m1/s1. The molecule has 2 aliphatic rings. The fraction of sp³-hybridized carbons (Fsp3) is 0.714. The van der Waals surface area contributed by atoms with Crippen LogP contribution in [0.2, 0.25) is 0 Å². The molecule has 0 amide bonds. The second-order valence-corrected chi connectivity index (χ2v) is 2.67. The largest absolute Gasteiger partial charge is 0.0880 e. The van der Waals surface area contributed by atoms with Crippen LogP contribution in [-0.4, -0.2) is 0 Å². The summed E-state index contributed by atoms with van der Waals surface area (Å²) >= 11 is 0. The monoisotopic (exact) mass is 94.1 g/mol. The molecule has 0 aliphatic heterocycles. The van der Waals surface area contributed by atoms with Crippen molar-refractivity contribution in [1.82, 2.24) is 0 Å². The highest BCUT2D eigenvalue weighted by Gasteiger charge is 2.30. The van der Waals surface area contributed by atoms with E-state index < -0.39 is 0 Å². The molecule has 0 bridgehead atoms. The average molecular weight is 94.2 g/mol. The van der Waals surface area contributed by atoms with Crippen LogP contribution >= 0.6 is 0 Å². The lowest BCUT2D eigenvalue weighted by Gasteiger charge is -2.29. The lowest BCUT2D eigenvalue weighted by Crippen LogP contribution is -2.18. The van der Waals surface area contributed by atoms with Crippen molar-refractivity contribution in [2.75, 3.05) is 0 Å². The fourth-order valence-corrected chi connectivity index (χ4v) is 1.57. The van der Waals surface area contributed by atoms with Gasteiger partial charge in [0.15, 0.2) is 0 Å². The highest BCUT2D eigenvalue weighted by molar-refractivity contribution is 5.05. The molecule has 0 aromatic heterocycles. The zero-order chi connectivity index (χ0) is 4.69. The van der Waals surface area contributed by atoms with E-state index in [0.29, 0.717) is 0 Å². The number of fused-ring (bicyclic) bond motifs is 1. The van der Waals surface area contributed by atoms with Gasteiger partial charge in [-0.3, -0.25) is 0 Å². The molecule has 7 heavy (non-hydrogen) atoms. The Balaban J connectivity index is 2.14. The van der Waals surface area contributed by atoms with Crippen LogP contribution in [0, 0.1) is 11.8 Å². The van der Waals surface area contributed by atoms with Crippen molar-refractivity contribution in [3.63, 3.8) is 0 Å². The molecule has 2 rings (SSSR count). The van der Waals surface area contributed by atoms with Crippen LogP contribution in [0.3, 0.4) is 0 Å². The van der Waals surface area contributed by atoms with Gasteiger partial charge in [0.25, 0.3) is 0 Å². The maximum Gasteiger partial charge on any atom is -0.0202 e. The highest BCUT2D eigenvalue weighted by atomic mass is 14.3. The molecule has 1 fully saturated rings. The van der Waals surface area contributed by atoms with Gasteiger partial charge in [-0.25, -0.2) is 0 Å². The van der Waals surface area contributed by atoms with Gasteiger partial charge >= 0.3 is 0 Å². The summed E-state index contributed by atoms with van der Waals surface area (Å²) in [6.45, 7) is 0. The molecule has 0 nitrogen and oxygen atoms in total. The molecule has 1 saturated carbocycles. The summed E-state index contributed by atoms with van der Waals surface area (Å²) in [5.74, 6) is 2.10. The lowest BCUT2D eigenvalue weighted by atomic mass is 9.76. The van der Waals surface area contributed by atoms with Gasteiger partial charge in [0.2, 0.25) is 0 Å². The number of hydrogen-bond acceptors (Lipinski definition) is 0. The Morgan fingerprint density at radius 1 is 1.29 bits per heavy atom. The van der Waals surface area contributed by atoms with Gasteiger partial charge in [0.05, 0.1) is 0 Å².